The van der Waals surface area contributed by atoms with E-state index < -0.39 is 11.6 Å². The predicted octanol–water partition coefficient (Wildman–Crippen LogP) is 5.31. The van der Waals surface area contributed by atoms with Gasteiger partial charge in [0.15, 0.2) is 0 Å². The summed E-state index contributed by atoms with van der Waals surface area (Å²) < 4.78 is 0. The monoisotopic (exact) mass is 474 g/mol. The summed E-state index contributed by atoms with van der Waals surface area (Å²) >= 11 is 0. The van der Waals surface area contributed by atoms with Gasteiger partial charge in [0, 0.05) is 60.5 Å². The number of rotatable bonds is 6. The number of carbonyl (C=O) groups is 1. The van der Waals surface area contributed by atoms with Crippen LogP contribution in [0, 0.1) is 0 Å². The molecule has 1 aliphatic heterocycles. The molecule has 184 valence electrons. The Labute approximate surface area is 207 Å². The van der Waals surface area contributed by atoms with Crippen molar-refractivity contribution in [1.82, 2.24) is 14.9 Å². The summed E-state index contributed by atoms with van der Waals surface area (Å²) in [5.41, 5.74) is 3.88. The molecule has 0 bridgehead atoms. The highest BCUT2D eigenvalue weighted by Gasteiger charge is 2.27. The second-order valence-corrected chi connectivity index (χ2v) is 9.69. The smallest absolute Gasteiger partial charge is 0.412 e. The van der Waals surface area contributed by atoms with E-state index in [2.05, 4.69) is 56.3 Å². The van der Waals surface area contributed by atoms with Crippen LogP contribution >= 0.6 is 0 Å². The third kappa shape index (κ3) is 5.89. The molecule has 8 nitrogen and oxygen atoms in total. The predicted molar refractivity (Wildman–Crippen MR) is 142 cm³/mol. The second kappa shape index (κ2) is 10.3. The van der Waals surface area contributed by atoms with Crippen LogP contribution in [0.3, 0.4) is 0 Å². The lowest BCUT2D eigenvalue weighted by Gasteiger charge is -2.35. The minimum Gasteiger partial charge on any atom is -0.465 e. The molecule has 1 aromatic heterocycles. The average molecular weight is 475 g/mol. The molecule has 0 spiro atoms. The summed E-state index contributed by atoms with van der Waals surface area (Å²) in [5, 5.41) is 12.9. The second-order valence-electron chi connectivity index (χ2n) is 9.69. The zero-order chi connectivity index (χ0) is 25.0. The topological polar surface area (TPSA) is 84.8 Å². The highest BCUT2D eigenvalue weighted by Crippen LogP contribution is 2.28. The molecule has 1 saturated heterocycles. The van der Waals surface area contributed by atoms with Crippen molar-refractivity contribution < 1.29 is 9.90 Å². The van der Waals surface area contributed by atoms with Crippen LogP contribution in [0.25, 0.3) is 11.3 Å². The maximum atomic E-state index is 11.7. The third-order valence-corrected chi connectivity index (χ3v) is 6.25. The largest absolute Gasteiger partial charge is 0.465 e. The molecule has 4 rings (SSSR count). The van der Waals surface area contributed by atoms with Crippen molar-refractivity contribution >= 4 is 29.1 Å². The molecule has 0 aliphatic carbocycles. The Morgan fingerprint density at radius 2 is 1.66 bits per heavy atom. The van der Waals surface area contributed by atoms with Crippen molar-refractivity contribution in [3.63, 3.8) is 0 Å². The van der Waals surface area contributed by atoms with Gasteiger partial charge in [-0.1, -0.05) is 19.1 Å². The van der Waals surface area contributed by atoms with Gasteiger partial charge in [0.25, 0.3) is 0 Å². The molecule has 8 heteroatoms. The van der Waals surface area contributed by atoms with E-state index in [-0.39, 0.29) is 0 Å². The Bertz CT molecular complexity index is 1130. The quantitative estimate of drug-likeness (QED) is 0.501. The number of hydrogen-bond acceptors (Lipinski definition) is 6. The van der Waals surface area contributed by atoms with Crippen molar-refractivity contribution in [3.05, 3.63) is 60.8 Å². The van der Waals surface area contributed by atoms with Gasteiger partial charge in [0.1, 0.15) is 0 Å². The van der Waals surface area contributed by atoms with Gasteiger partial charge in [-0.25, -0.2) is 14.8 Å². The van der Waals surface area contributed by atoms with E-state index in [1.54, 1.807) is 6.20 Å². The highest BCUT2D eigenvalue weighted by molar-refractivity contribution is 5.88. The van der Waals surface area contributed by atoms with Crippen molar-refractivity contribution in [3.8, 4) is 11.3 Å². The SMILES string of the molecule is CCN1CCN(c2ccc(Nc3nccc(-c4ccc(N(C(=O)O)C(C)(C)C)cc4)n3)cc2)CC1. The Hall–Kier alpha value is -3.65. The number of nitrogens with zero attached hydrogens (tertiary/aromatic N) is 5. The first-order valence-electron chi connectivity index (χ1n) is 12.1. The summed E-state index contributed by atoms with van der Waals surface area (Å²) in [6.07, 6.45) is 0.742. The number of carboxylic acid groups (broad SMARTS) is 1. The van der Waals surface area contributed by atoms with Crippen LogP contribution in [0.1, 0.15) is 27.7 Å². The lowest BCUT2D eigenvalue weighted by molar-refractivity contribution is 0.195. The van der Waals surface area contributed by atoms with E-state index in [1.807, 2.05) is 51.1 Å². The fourth-order valence-corrected chi connectivity index (χ4v) is 4.35. The van der Waals surface area contributed by atoms with Crippen LogP contribution in [0.5, 0.6) is 0 Å². The van der Waals surface area contributed by atoms with Crippen LogP contribution in [0.15, 0.2) is 60.8 Å². The van der Waals surface area contributed by atoms with Crippen molar-refractivity contribution in [1.29, 1.82) is 0 Å². The van der Waals surface area contributed by atoms with Crippen molar-refractivity contribution in [2.45, 2.75) is 33.2 Å². The minimum atomic E-state index is -0.979. The molecule has 2 heterocycles. The Morgan fingerprint density at radius 3 is 2.23 bits per heavy atom. The van der Waals surface area contributed by atoms with Gasteiger partial charge >= 0.3 is 6.09 Å². The Morgan fingerprint density at radius 1 is 1.00 bits per heavy atom. The van der Waals surface area contributed by atoms with Gasteiger partial charge in [0.2, 0.25) is 5.95 Å². The number of nitrogens with one attached hydrogen (secondary N) is 1. The number of hydrogen-bond donors (Lipinski definition) is 2. The molecule has 1 amide bonds. The van der Waals surface area contributed by atoms with E-state index in [1.165, 1.54) is 10.6 Å². The summed E-state index contributed by atoms with van der Waals surface area (Å²) in [5.74, 6) is 0.512. The van der Waals surface area contributed by atoms with Gasteiger partial charge in [-0.2, -0.15) is 0 Å². The van der Waals surface area contributed by atoms with Crippen LogP contribution in [0.2, 0.25) is 0 Å². The van der Waals surface area contributed by atoms with Gasteiger partial charge in [-0.15, -0.1) is 0 Å². The summed E-state index contributed by atoms with van der Waals surface area (Å²) in [7, 11) is 0. The normalized spacial score (nSPS) is 14.6. The first kappa shape index (κ1) is 24.5. The van der Waals surface area contributed by atoms with Crippen LogP contribution in [-0.4, -0.2) is 64.3 Å². The fourth-order valence-electron chi connectivity index (χ4n) is 4.35. The molecule has 0 radical (unpaired) electrons. The zero-order valence-electron chi connectivity index (χ0n) is 20.9. The van der Waals surface area contributed by atoms with Crippen LogP contribution < -0.4 is 15.1 Å². The van der Waals surface area contributed by atoms with E-state index >= 15 is 0 Å². The molecule has 0 saturated carbocycles. The molecule has 0 unspecified atom stereocenters. The minimum absolute atomic E-state index is 0.512. The Kier molecular flexibility index (Phi) is 7.21. The zero-order valence-corrected chi connectivity index (χ0v) is 20.9. The molecule has 1 aliphatic rings. The number of anilines is 4. The molecule has 2 N–H and O–H groups in total. The van der Waals surface area contributed by atoms with Gasteiger partial charge < -0.3 is 20.2 Å². The molecular weight excluding hydrogens is 440 g/mol. The van der Waals surface area contributed by atoms with Crippen LogP contribution in [-0.2, 0) is 0 Å². The van der Waals surface area contributed by atoms with Gasteiger partial charge in [-0.3, -0.25) is 4.90 Å². The summed E-state index contributed by atoms with van der Waals surface area (Å²) in [4.78, 5) is 27.0. The van der Waals surface area contributed by atoms with E-state index in [4.69, 9.17) is 0 Å². The highest BCUT2D eigenvalue weighted by atomic mass is 16.4. The molecule has 1 fully saturated rings. The van der Waals surface area contributed by atoms with E-state index in [0.29, 0.717) is 11.6 Å². The van der Waals surface area contributed by atoms with Gasteiger partial charge in [0.05, 0.1) is 5.69 Å². The van der Waals surface area contributed by atoms with Crippen molar-refractivity contribution in [2.24, 2.45) is 0 Å². The summed E-state index contributed by atoms with van der Waals surface area (Å²) in [6.45, 7) is 13.2. The first-order valence-corrected chi connectivity index (χ1v) is 12.1. The van der Waals surface area contributed by atoms with Crippen molar-refractivity contribution in [2.75, 3.05) is 47.8 Å². The van der Waals surface area contributed by atoms with Gasteiger partial charge in [-0.05, 0) is 69.8 Å². The molecular formula is C27H34N6O2. The Balaban J connectivity index is 1.44. The number of piperazine rings is 1. The van der Waals surface area contributed by atoms with Crippen LogP contribution in [0.4, 0.5) is 27.8 Å². The average Bonchev–Trinajstić information content (AvgIpc) is 2.84. The number of likely N-dealkylation sites (N-methyl/N-ethyl adjacent to an activating group) is 1. The lowest BCUT2D eigenvalue weighted by Crippen LogP contribution is -2.46. The molecule has 35 heavy (non-hydrogen) atoms. The molecule has 3 aromatic rings. The first-order chi connectivity index (χ1) is 16.7. The number of benzene rings is 2. The number of aromatic nitrogens is 2. The lowest BCUT2D eigenvalue weighted by atomic mass is 10.0. The number of amides is 1. The van der Waals surface area contributed by atoms with E-state index in [9.17, 15) is 9.90 Å². The molecule has 0 atom stereocenters. The fraction of sp³-hybridized carbons (Fsp3) is 0.370. The maximum Gasteiger partial charge on any atom is 0.412 e. The third-order valence-electron chi connectivity index (χ3n) is 6.25. The molecule has 2 aromatic carbocycles. The summed E-state index contributed by atoms with van der Waals surface area (Å²) in [6, 6.07) is 17.6. The maximum absolute atomic E-state index is 11.7. The van der Waals surface area contributed by atoms with E-state index in [0.717, 1.165) is 49.7 Å². The standard InChI is InChI=1S/C27H34N6O2/c1-5-31-16-18-32(19-17-31)22-12-8-21(9-13-22)29-25-28-15-14-24(30-25)20-6-10-23(11-7-20)33(26(34)35)27(2,3)4/h6-15H,5,16-19H2,1-4H3,(H,34,35)(H,28,29,30).